The number of ether oxygens (including phenoxy) is 5. The van der Waals surface area contributed by atoms with Gasteiger partial charge in [0, 0.05) is 28.4 Å². The second-order valence-corrected chi connectivity index (χ2v) is 3.16. The molecule has 108 valence electrons. The van der Waals surface area contributed by atoms with Gasteiger partial charge in [-0.2, -0.15) is 0 Å². The summed E-state index contributed by atoms with van der Waals surface area (Å²) in [5, 5.41) is 0. The fourth-order valence-corrected chi connectivity index (χ4v) is 1.07. The number of rotatable bonds is 10. The highest BCUT2D eigenvalue weighted by Crippen LogP contribution is 1.96. The third-order valence-corrected chi connectivity index (χ3v) is 1.98. The standard InChI is InChI=1S/C10H22O5.2CH4/c1-11-5-9(13-3)7-15-8-10(14-4)6-12-2;;/h9-10H,5-8H2,1-4H3;2*1H4. The molecule has 0 aromatic carbocycles. The van der Waals surface area contributed by atoms with Crippen molar-refractivity contribution < 1.29 is 23.7 Å². The van der Waals surface area contributed by atoms with E-state index in [9.17, 15) is 0 Å². The first-order valence-electron chi connectivity index (χ1n) is 4.89. The van der Waals surface area contributed by atoms with Crippen molar-refractivity contribution >= 4 is 0 Å². The second kappa shape index (κ2) is 15.8. The Morgan fingerprint density at radius 2 is 1.00 bits per heavy atom. The highest BCUT2D eigenvalue weighted by molar-refractivity contribution is 4.57. The number of methoxy groups -OCH3 is 4. The summed E-state index contributed by atoms with van der Waals surface area (Å²) >= 11 is 0. The third-order valence-electron chi connectivity index (χ3n) is 1.98. The molecule has 0 aliphatic rings. The lowest BCUT2D eigenvalue weighted by atomic mass is 10.4. The summed E-state index contributed by atoms with van der Waals surface area (Å²) in [5.74, 6) is 0. The smallest absolute Gasteiger partial charge is 0.104 e. The molecule has 5 nitrogen and oxygen atoms in total. The van der Waals surface area contributed by atoms with Gasteiger partial charge in [-0.15, -0.1) is 0 Å². The van der Waals surface area contributed by atoms with Crippen molar-refractivity contribution in [2.75, 3.05) is 54.9 Å². The van der Waals surface area contributed by atoms with Gasteiger partial charge >= 0.3 is 0 Å². The summed E-state index contributed by atoms with van der Waals surface area (Å²) in [5.41, 5.74) is 0. The molecule has 0 aliphatic heterocycles. The van der Waals surface area contributed by atoms with E-state index in [1.807, 2.05) is 0 Å². The summed E-state index contributed by atoms with van der Waals surface area (Å²) in [6.45, 7) is 2.04. The van der Waals surface area contributed by atoms with Crippen LogP contribution >= 0.6 is 0 Å². The lowest BCUT2D eigenvalue weighted by molar-refractivity contribution is -0.0690. The first kappa shape index (κ1) is 22.0. The van der Waals surface area contributed by atoms with Crippen molar-refractivity contribution in [1.82, 2.24) is 0 Å². The Morgan fingerprint density at radius 1 is 0.647 bits per heavy atom. The van der Waals surface area contributed by atoms with E-state index in [-0.39, 0.29) is 27.1 Å². The maximum absolute atomic E-state index is 5.43. The molecule has 0 fully saturated rings. The van der Waals surface area contributed by atoms with Crippen LogP contribution in [-0.2, 0) is 23.7 Å². The van der Waals surface area contributed by atoms with Crippen LogP contribution in [0.3, 0.4) is 0 Å². The molecule has 0 saturated heterocycles. The van der Waals surface area contributed by atoms with E-state index < -0.39 is 0 Å². The van der Waals surface area contributed by atoms with Crippen molar-refractivity contribution in [2.24, 2.45) is 0 Å². The van der Waals surface area contributed by atoms with Crippen molar-refractivity contribution in [1.29, 1.82) is 0 Å². The van der Waals surface area contributed by atoms with Gasteiger partial charge in [-0.3, -0.25) is 0 Å². The Hall–Kier alpha value is -0.200. The zero-order valence-corrected chi connectivity index (χ0v) is 10.0. The molecule has 0 N–H and O–H groups in total. The molecule has 5 heteroatoms. The Labute approximate surface area is 106 Å². The molecule has 17 heavy (non-hydrogen) atoms. The molecular weight excluding hydrogens is 224 g/mol. The average molecular weight is 254 g/mol. The summed E-state index contributed by atoms with van der Waals surface area (Å²) in [4.78, 5) is 0. The van der Waals surface area contributed by atoms with Gasteiger partial charge in [0.1, 0.15) is 12.2 Å². The van der Waals surface area contributed by atoms with E-state index in [1.54, 1.807) is 28.4 Å². The molecule has 0 radical (unpaired) electrons. The molecule has 0 bridgehead atoms. The van der Waals surface area contributed by atoms with Crippen molar-refractivity contribution in [2.45, 2.75) is 27.1 Å². The van der Waals surface area contributed by atoms with E-state index in [4.69, 9.17) is 23.7 Å². The fourth-order valence-electron chi connectivity index (χ4n) is 1.07. The SMILES string of the molecule is C.C.COCC(COCC(COC)OC)OC. The lowest BCUT2D eigenvalue weighted by Crippen LogP contribution is -2.29. The topological polar surface area (TPSA) is 46.2 Å². The lowest BCUT2D eigenvalue weighted by Gasteiger charge is -2.18. The average Bonchev–Trinajstić information content (AvgIpc) is 2.26. The molecule has 2 unspecified atom stereocenters. The molecule has 0 rings (SSSR count). The zero-order chi connectivity index (χ0) is 11.5. The van der Waals surface area contributed by atoms with Crippen LogP contribution < -0.4 is 0 Å². The third kappa shape index (κ3) is 12.1. The van der Waals surface area contributed by atoms with Crippen LogP contribution in [0.2, 0.25) is 0 Å². The second-order valence-electron chi connectivity index (χ2n) is 3.16. The molecular formula is C12H30O5. The highest BCUT2D eigenvalue weighted by Gasteiger charge is 2.10. The summed E-state index contributed by atoms with van der Waals surface area (Å²) in [6.07, 6.45) is -0.0647. The van der Waals surface area contributed by atoms with E-state index in [2.05, 4.69) is 0 Å². The minimum absolute atomic E-state index is 0. The van der Waals surface area contributed by atoms with Crippen LogP contribution in [-0.4, -0.2) is 67.1 Å². The van der Waals surface area contributed by atoms with Crippen LogP contribution in [0.5, 0.6) is 0 Å². The van der Waals surface area contributed by atoms with Crippen molar-refractivity contribution in [3.05, 3.63) is 0 Å². The number of hydrogen-bond donors (Lipinski definition) is 0. The van der Waals surface area contributed by atoms with Gasteiger partial charge in [0.15, 0.2) is 0 Å². The summed E-state index contributed by atoms with van der Waals surface area (Å²) in [6, 6.07) is 0. The first-order chi connectivity index (χ1) is 7.28. The minimum Gasteiger partial charge on any atom is -0.382 e. The van der Waals surface area contributed by atoms with Crippen LogP contribution in [0.15, 0.2) is 0 Å². The predicted molar refractivity (Wildman–Crippen MR) is 69.6 cm³/mol. The Kier molecular flexibility index (Phi) is 20.5. The fraction of sp³-hybridized carbons (Fsp3) is 1.00. The maximum atomic E-state index is 5.43. The molecule has 0 aromatic heterocycles. The highest BCUT2D eigenvalue weighted by atomic mass is 16.6. The van der Waals surface area contributed by atoms with Gasteiger partial charge in [-0.25, -0.2) is 0 Å². The maximum Gasteiger partial charge on any atom is 0.104 e. The van der Waals surface area contributed by atoms with E-state index in [0.29, 0.717) is 26.4 Å². The molecule has 0 amide bonds. The molecule has 0 aliphatic carbocycles. The van der Waals surface area contributed by atoms with Crippen molar-refractivity contribution in [3.63, 3.8) is 0 Å². The van der Waals surface area contributed by atoms with E-state index >= 15 is 0 Å². The summed E-state index contributed by atoms with van der Waals surface area (Å²) in [7, 11) is 6.54. The Bertz CT molecular complexity index is 118. The monoisotopic (exact) mass is 254 g/mol. The van der Waals surface area contributed by atoms with Gasteiger partial charge in [-0.05, 0) is 0 Å². The van der Waals surface area contributed by atoms with Crippen LogP contribution in [0.1, 0.15) is 14.9 Å². The number of hydrogen-bond acceptors (Lipinski definition) is 5. The molecule has 0 saturated carbocycles. The molecule has 0 heterocycles. The Balaban J connectivity index is -0.000000980. The molecule has 0 spiro atoms. The van der Waals surface area contributed by atoms with Crippen molar-refractivity contribution in [3.8, 4) is 0 Å². The van der Waals surface area contributed by atoms with Gasteiger partial charge in [0.2, 0.25) is 0 Å². The van der Waals surface area contributed by atoms with Crippen LogP contribution in [0, 0.1) is 0 Å². The van der Waals surface area contributed by atoms with E-state index in [0.717, 1.165) is 0 Å². The quantitative estimate of drug-likeness (QED) is 0.592. The zero-order valence-electron chi connectivity index (χ0n) is 10.0. The molecule has 0 aromatic rings. The minimum atomic E-state index is -0.0324. The Morgan fingerprint density at radius 3 is 1.24 bits per heavy atom. The first-order valence-corrected chi connectivity index (χ1v) is 4.89. The van der Waals surface area contributed by atoms with Crippen LogP contribution in [0.4, 0.5) is 0 Å². The predicted octanol–water partition coefficient (Wildman–Crippen LogP) is 1.60. The van der Waals surface area contributed by atoms with E-state index in [1.165, 1.54) is 0 Å². The van der Waals surface area contributed by atoms with Gasteiger partial charge in [-0.1, -0.05) is 14.9 Å². The summed E-state index contributed by atoms with van der Waals surface area (Å²) < 4.78 is 25.7. The molecule has 2 atom stereocenters. The van der Waals surface area contributed by atoms with Gasteiger partial charge in [0.05, 0.1) is 26.4 Å². The van der Waals surface area contributed by atoms with Gasteiger partial charge < -0.3 is 23.7 Å². The normalized spacial score (nSPS) is 13.4. The largest absolute Gasteiger partial charge is 0.382 e. The van der Waals surface area contributed by atoms with Crippen LogP contribution in [0.25, 0.3) is 0 Å². The van der Waals surface area contributed by atoms with Gasteiger partial charge in [0.25, 0.3) is 0 Å².